The highest BCUT2D eigenvalue weighted by Gasteiger charge is 2.36. The average molecular weight is 440 g/mol. The number of hydrogen-bond donors (Lipinski definition) is 3. The van der Waals surface area contributed by atoms with Gasteiger partial charge >= 0.3 is 6.03 Å². The first-order chi connectivity index (χ1) is 14.2. The summed E-state index contributed by atoms with van der Waals surface area (Å²) in [5.41, 5.74) is 3.28. The number of imide groups is 1. The number of nitrogens with one attached hydrogen (secondary N) is 1. The number of hydrogen-bond acceptors (Lipinski definition) is 7. The van der Waals surface area contributed by atoms with Gasteiger partial charge in [0, 0.05) is 13.1 Å². The van der Waals surface area contributed by atoms with Crippen LogP contribution in [0.3, 0.4) is 0 Å². The second kappa shape index (κ2) is 12.2. The van der Waals surface area contributed by atoms with E-state index in [-0.39, 0.29) is 23.7 Å². The van der Waals surface area contributed by atoms with Gasteiger partial charge in [-0.05, 0) is 50.6 Å². The number of sulfone groups is 1. The van der Waals surface area contributed by atoms with Gasteiger partial charge < -0.3 is 20.5 Å². The molecule has 1 fully saturated rings. The molecular weight excluding hydrogens is 410 g/mol. The smallest absolute Gasteiger partial charge is 0.318 e. The van der Waals surface area contributed by atoms with Crippen LogP contribution in [0.2, 0.25) is 0 Å². The molecule has 9 nitrogen and oxygen atoms in total. The van der Waals surface area contributed by atoms with Crippen LogP contribution < -0.4 is 15.8 Å². The Bertz CT molecular complexity index is 851. The summed E-state index contributed by atoms with van der Waals surface area (Å²) in [7, 11) is -3.54. The van der Waals surface area contributed by atoms with Gasteiger partial charge in [0.25, 0.3) is 0 Å². The van der Waals surface area contributed by atoms with Crippen LogP contribution in [0.5, 0.6) is 5.75 Å². The Morgan fingerprint density at radius 3 is 2.37 bits per heavy atom. The molecule has 3 amide bonds. The molecule has 10 heteroatoms. The molecule has 1 aromatic carbocycles. The fourth-order valence-corrected chi connectivity index (χ4v) is 4.57. The van der Waals surface area contributed by atoms with Crippen LogP contribution in [0.1, 0.15) is 26.7 Å². The fraction of sp³-hybridized carbons (Fsp3) is 0.500. The molecule has 1 aliphatic rings. The maximum absolute atomic E-state index is 12.6. The van der Waals surface area contributed by atoms with Crippen molar-refractivity contribution in [1.82, 2.24) is 10.2 Å². The van der Waals surface area contributed by atoms with E-state index in [1.165, 1.54) is 12.1 Å². The summed E-state index contributed by atoms with van der Waals surface area (Å²) >= 11 is 0. The molecule has 166 valence electrons. The lowest BCUT2D eigenvalue weighted by Gasteiger charge is -2.37. The lowest BCUT2D eigenvalue weighted by atomic mass is 9.94. The predicted molar refractivity (Wildman–Crippen MR) is 113 cm³/mol. The van der Waals surface area contributed by atoms with Gasteiger partial charge in [-0.25, -0.2) is 13.2 Å². The second-order valence-corrected chi connectivity index (χ2v) is 8.72. The standard InChI is InChI=1S/C18H25NO4S.C2H4N2O2/c1-3-5-14-23-16-6-8-17(9-7-16)24(21,22)15-18(20)10-12-19(4-2)13-11-18;3-2(6)4-1-5/h6-9,20H,4,10-15H2,1-2H3;1H,(H3,3,4,5,6). The van der Waals surface area contributed by atoms with Gasteiger partial charge in [-0.3, -0.25) is 10.1 Å². The van der Waals surface area contributed by atoms with Crippen LogP contribution in [-0.2, 0) is 14.6 Å². The van der Waals surface area contributed by atoms with Gasteiger partial charge in [-0.2, -0.15) is 0 Å². The number of piperidine rings is 1. The van der Waals surface area contributed by atoms with E-state index in [4.69, 9.17) is 4.74 Å². The van der Waals surface area contributed by atoms with Gasteiger partial charge in [0.1, 0.15) is 12.4 Å². The van der Waals surface area contributed by atoms with E-state index in [0.29, 0.717) is 18.6 Å². The average Bonchev–Trinajstić information content (AvgIpc) is 2.69. The molecule has 0 atom stereocenters. The van der Waals surface area contributed by atoms with Crippen LogP contribution in [0, 0.1) is 11.8 Å². The first-order valence-electron chi connectivity index (χ1n) is 9.45. The number of carbonyl (C=O) groups is 2. The quantitative estimate of drug-likeness (QED) is 0.416. The van der Waals surface area contributed by atoms with Gasteiger partial charge in [-0.1, -0.05) is 12.8 Å². The maximum atomic E-state index is 12.6. The number of ether oxygens (including phenoxy) is 1. The van der Waals surface area contributed by atoms with Gasteiger partial charge in [-0.15, -0.1) is 5.92 Å². The summed E-state index contributed by atoms with van der Waals surface area (Å²) in [6, 6.07) is 5.45. The van der Waals surface area contributed by atoms with Crippen LogP contribution in [0.15, 0.2) is 29.2 Å². The van der Waals surface area contributed by atoms with E-state index in [9.17, 15) is 23.1 Å². The van der Waals surface area contributed by atoms with Crippen molar-refractivity contribution in [1.29, 1.82) is 0 Å². The van der Waals surface area contributed by atoms with Crippen molar-refractivity contribution in [3.63, 3.8) is 0 Å². The Labute approximate surface area is 177 Å². The first kappa shape index (κ1) is 25.4. The van der Waals surface area contributed by atoms with Crippen LogP contribution in [-0.4, -0.2) is 68.5 Å². The molecular formula is C20H29N3O6S. The SMILES string of the molecule is CC#CCOc1ccc(S(=O)(=O)CC2(O)CCN(CC)CC2)cc1.NC(=O)NC=O. The number of likely N-dealkylation sites (tertiary alicyclic amines) is 1. The van der Waals surface area contributed by atoms with Crippen LogP contribution in [0.25, 0.3) is 0 Å². The van der Waals surface area contributed by atoms with E-state index in [1.54, 1.807) is 24.4 Å². The third kappa shape index (κ3) is 8.82. The molecule has 0 spiro atoms. The van der Waals surface area contributed by atoms with E-state index in [1.807, 2.05) is 0 Å². The molecule has 1 aromatic rings. The zero-order chi connectivity index (χ0) is 22.6. The zero-order valence-electron chi connectivity index (χ0n) is 17.3. The highest BCUT2D eigenvalue weighted by atomic mass is 32.2. The third-order valence-corrected chi connectivity index (χ3v) is 6.47. The van der Waals surface area contributed by atoms with Crippen molar-refractivity contribution >= 4 is 22.3 Å². The summed E-state index contributed by atoms with van der Waals surface area (Å²) in [4.78, 5) is 21.1. The van der Waals surface area contributed by atoms with E-state index in [2.05, 4.69) is 29.4 Å². The van der Waals surface area contributed by atoms with Gasteiger partial charge in [0.15, 0.2) is 9.84 Å². The number of rotatable bonds is 7. The highest BCUT2D eigenvalue weighted by molar-refractivity contribution is 7.91. The minimum absolute atomic E-state index is 0.211. The van der Waals surface area contributed by atoms with Crippen molar-refractivity contribution in [3.05, 3.63) is 24.3 Å². The molecule has 1 aliphatic heterocycles. The minimum atomic E-state index is -3.54. The summed E-state index contributed by atoms with van der Waals surface area (Å²) in [5, 5.41) is 12.3. The molecule has 0 aromatic heterocycles. The Hall–Kier alpha value is -2.61. The molecule has 2 rings (SSSR count). The fourth-order valence-electron chi connectivity index (χ4n) is 2.86. The van der Waals surface area contributed by atoms with Crippen molar-refractivity contribution in [2.45, 2.75) is 37.2 Å². The Morgan fingerprint density at radius 1 is 1.33 bits per heavy atom. The number of nitrogens with two attached hydrogens (primary N) is 1. The normalized spacial score (nSPS) is 15.6. The topological polar surface area (TPSA) is 139 Å². The van der Waals surface area contributed by atoms with E-state index < -0.39 is 21.5 Å². The number of nitrogens with zero attached hydrogens (tertiary/aromatic N) is 1. The number of carbonyl (C=O) groups excluding carboxylic acids is 2. The first-order valence-corrected chi connectivity index (χ1v) is 11.1. The summed E-state index contributed by atoms with van der Waals surface area (Å²) in [6.07, 6.45) is 1.19. The lowest BCUT2D eigenvalue weighted by Crippen LogP contribution is -2.48. The largest absolute Gasteiger partial charge is 0.481 e. The highest BCUT2D eigenvalue weighted by Crippen LogP contribution is 2.27. The van der Waals surface area contributed by atoms with Crippen molar-refractivity contribution < 1.29 is 27.9 Å². The van der Waals surface area contributed by atoms with Crippen LogP contribution >= 0.6 is 0 Å². The summed E-state index contributed by atoms with van der Waals surface area (Å²) < 4.78 is 30.6. The van der Waals surface area contributed by atoms with E-state index in [0.717, 1.165) is 19.6 Å². The van der Waals surface area contributed by atoms with Gasteiger partial charge in [0.05, 0.1) is 16.2 Å². The molecule has 0 bridgehead atoms. The maximum Gasteiger partial charge on any atom is 0.318 e. The predicted octanol–water partition coefficient (Wildman–Crippen LogP) is 0.520. The minimum Gasteiger partial charge on any atom is -0.481 e. The van der Waals surface area contributed by atoms with E-state index >= 15 is 0 Å². The zero-order valence-corrected chi connectivity index (χ0v) is 18.1. The number of urea groups is 1. The molecule has 0 unspecified atom stereocenters. The van der Waals surface area contributed by atoms with Crippen molar-refractivity contribution in [2.24, 2.45) is 5.73 Å². The molecule has 0 radical (unpaired) electrons. The Morgan fingerprint density at radius 2 is 1.93 bits per heavy atom. The molecule has 1 heterocycles. The number of primary amides is 1. The van der Waals surface area contributed by atoms with Crippen molar-refractivity contribution in [2.75, 3.05) is 32.0 Å². The molecule has 0 saturated carbocycles. The number of aliphatic hydroxyl groups is 1. The lowest BCUT2D eigenvalue weighted by molar-refractivity contribution is -0.108. The Balaban J connectivity index is 0.000000656. The monoisotopic (exact) mass is 439 g/mol. The summed E-state index contributed by atoms with van der Waals surface area (Å²) in [5.74, 6) is 5.85. The molecule has 4 N–H and O–H groups in total. The van der Waals surface area contributed by atoms with Crippen LogP contribution in [0.4, 0.5) is 4.79 Å². The van der Waals surface area contributed by atoms with Gasteiger partial charge in [0.2, 0.25) is 6.41 Å². The van der Waals surface area contributed by atoms with Crippen molar-refractivity contribution in [3.8, 4) is 17.6 Å². The molecule has 30 heavy (non-hydrogen) atoms. The number of amides is 3. The third-order valence-electron chi connectivity index (χ3n) is 4.56. The second-order valence-electron chi connectivity index (χ2n) is 6.73. The molecule has 0 aliphatic carbocycles. The Kier molecular flexibility index (Phi) is 10.3. The summed E-state index contributed by atoms with van der Waals surface area (Å²) in [6.45, 7) is 6.45. The number of benzene rings is 1. The molecule has 1 saturated heterocycles.